The van der Waals surface area contributed by atoms with E-state index >= 15 is 0 Å². The Morgan fingerprint density at radius 1 is 0.848 bits per heavy atom. The summed E-state index contributed by atoms with van der Waals surface area (Å²) in [6, 6.07) is 20.6. The third-order valence-corrected chi connectivity index (χ3v) is 5.84. The van der Waals surface area contributed by atoms with Crippen molar-refractivity contribution in [3.63, 3.8) is 0 Å². The Labute approximate surface area is 192 Å². The Balaban J connectivity index is 1.70. The van der Waals surface area contributed by atoms with Gasteiger partial charge in [0.05, 0.1) is 10.9 Å². The van der Waals surface area contributed by atoms with E-state index in [9.17, 15) is 14.4 Å². The third-order valence-electron chi connectivity index (χ3n) is 5.84. The molecule has 0 saturated heterocycles. The van der Waals surface area contributed by atoms with Crippen LogP contribution in [0.3, 0.4) is 0 Å². The van der Waals surface area contributed by atoms with E-state index in [1.54, 1.807) is 24.3 Å². The van der Waals surface area contributed by atoms with Gasteiger partial charge in [0.25, 0.3) is 5.56 Å². The number of hydrogen-bond acceptors (Lipinski definition) is 3. The van der Waals surface area contributed by atoms with E-state index in [1.165, 1.54) is 9.13 Å². The number of nitrogens with zero attached hydrogens (tertiary/aromatic N) is 2. The van der Waals surface area contributed by atoms with Crippen molar-refractivity contribution in [1.29, 1.82) is 0 Å². The first-order chi connectivity index (χ1) is 15.8. The molecule has 0 fully saturated rings. The summed E-state index contributed by atoms with van der Waals surface area (Å²) in [5.41, 5.74) is 4.46. The van der Waals surface area contributed by atoms with E-state index in [0.717, 1.165) is 27.9 Å². The van der Waals surface area contributed by atoms with Gasteiger partial charge in [0, 0.05) is 12.2 Å². The molecule has 0 aliphatic rings. The van der Waals surface area contributed by atoms with Gasteiger partial charge in [-0.3, -0.25) is 18.7 Å². The monoisotopic (exact) mass is 441 g/mol. The number of aromatic nitrogens is 2. The molecule has 0 radical (unpaired) electrons. The van der Waals surface area contributed by atoms with Crippen molar-refractivity contribution >= 4 is 22.5 Å². The van der Waals surface area contributed by atoms with Gasteiger partial charge in [-0.05, 0) is 56.0 Å². The first-order valence-corrected chi connectivity index (χ1v) is 11.0. The van der Waals surface area contributed by atoms with Crippen LogP contribution in [0, 0.1) is 20.8 Å². The number of benzene rings is 3. The Hall–Kier alpha value is -3.93. The fourth-order valence-electron chi connectivity index (χ4n) is 4.31. The standard InChI is InChI=1S/C27H27N3O3/c1-18-15-19(2)25(20(3)16-18)28-24(31)17-30-23-12-8-7-11-22(23)26(32)29(27(30)33)14-13-21-9-5-4-6-10-21/h4-12,15-16H,13-14,17H2,1-3H3,(H,28,31). The number of amides is 1. The molecular weight excluding hydrogens is 414 g/mol. The summed E-state index contributed by atoms with van der Waals surface area (Å²) in [4.78, 5) is 39.4. The summed E-state index contributed by atoms with van der Waals surface area (Å²) in [6.45, 7) is 5.96. The molecule has 1 N–H and O–H groups in total. The molecule has 0 aliphatic heterocycles. The molecule has 0 bridgehead atoms. The number of hydrogen-bond donors (Lipinski definition) is 1. The average molecular weight is 442 g/mol. The van der Waals surface area contributed by atoms with Crippen LogP contribution in [0.1, 0.15) is 22.3 Å². The molecule has 3 aromatic carbocycles. The van der Waals surface area contributed by atoms with Gasteiger partial charge in [-0.25, -0.2) is 4.79 Å². The number of carbonyl (C=O) groups excluding carboxylic acids is 1. The Morgan fingerprint density at radius 2 is 1.48 bits per heavy atom. The van der Waals surface area contributed by atoms with E-state index in [-0.39, 0.29) is 24.6 Å². The number of carbonyl (C=O) groups is 1. The van der Waals surface area contributed by atoms with Gasteiger partial charge in [0.2, 0.25) is 5.91 Å². The lowest BCUT2D eigenvalue weighted by Gasteiger charge is -2.16. The molecule has 0 unspecified atom stereocenters. The molecule has 4 aromatic rings. The van der Waals surface area contributed by atoms with Crippen LogP contribution >= 0.6 is 0 Å². The van der Waals surface area contributed by atoms with Crippen LogP contribution in [0.2, 0.25) is 0 Å². The zero-order chi connectivity index (χ0) is 23.5. The largest absolute Gasteiger partial charge is 0.331 e. The minimum Gasteiger partial charge on any atom is -0.324 e. The summed E-state index contributed by atoms with van der Waals surface area (Å²) in [7, 11) is 0. The zero-order valence-electron chi connectivity index (χ0n) is 19.1. The fourth-order valence-corrected chi connectivity index (χ4v) is 4.31. The number of rotatable bonds is 6. The van der Waals surface area contributed by atoms with Crippen molar-refractivity contribution in [2.75, 3.05) is 5.32 Å². The Kier molecular flexibility index (Phi) is 6.27. The number of aryl methyl sites for hydroxylation is 4. The number of nitrogens with one attached hydrogen (secondary N) is 1. The van der Waals surface area contributed by atoms with Crippen molar-refractivity contribution in [1.82, 2.24) is 9.13 Å². The first kappa shape index (κ1) is 22.3. The molecule has 0 atom stereocenters. The average Bonchev–Trinajstić information content (AvgIpc) is 2.79. The Morgan fingerprint density at radius 3 is 2.18 bits per heavy atom. The summed E-state index contributed by atoms with van der Waals surface area (Å²) < 4.78 is 2.61. The van der Waals surface area contributed by atoms with Crippen LogP contribution in [-0.4, -0.2) is 15.0 Å². The van der Waals surface area contributed by atoms with E-state index < -0.39 is 5.69 Å². The van der Waals surface area contributed by atoms with Crippen molar-refractivity contribution in [3.8, 4) is 0 Å². The smallest absolute Gasteiger partial charge is 0.324 e. The summed E-state index contributed by atoms with van der Waals surface area (Å²) >= 11 is 0. The van der Waals surface area contributed by atoms with Crippen LogP contribution in [0.25, 0.3) is 10.9 Å². The quantitative estimate of drug-likeness (QED) is 0.492. The van der Waals surface area contributed by atoms with Crippen molar-refractivity contribution in [2.45, 2.75) is 40.3 Å². The Bertz CT molecular complexity index is 1430. The van der Waals surface area contributed by atoms with E-state index in [2.05, 4.69) is 5.32 Å². The van der Waals surface area contributed by atoms with Crippen molar-refractivity contribution < 1.29 is 4.79 Å². The molecule has 6 heteroatoms. The summed E-state index contributed by atoms with van der Waals surface area (Å²) in [5.74, 6) is -0.314. The van der Waals surface area contributed by atoms with Gasteiger partial charge in [-0.2, -0.15) is 0 Å². The van der Waals surface area contributed by atoms with E-state index in [0.29, 0.717) is 17.3 Å². The van der Waals surface area contributed by atoms with Crippen molar-refractivity contribution in [3.05, 3.63) is 110 Å². The lowest BCUT2D eigenvalue weighted by Crippen LogP contribution is -2.42. The molecule has 0 saturated carbocycles. The minimum absolute atomic E-state index is 0.183. The maximum atomic E-state index is 13.3. The lowest BCUT2D eigenvalue weighted by molar-refractivity contribution is -0.116. The van der Waals surface area contributed by atoms with Crippen LogP contribution in [0.15, 0.2) is 76.3 Å². The van der Waals surface area contributed by atoms with Gasteiger partial charge in [0.1, 0.15) is 6.54 Å². The second-order valence-corrected chi connectivity index (χ2v) is 8.40. The number of anilines is 1. The van der Waals surface area contributed by atoms with Crippen molar-refractivity contribution in [2.24, 2.45) is 0 Å². The molecule has 6 nitrogen and oxygen atoms in total. The highest BCUT2D eigenvalue weighted by molar-refractivity contribution is 5.93. The number of para-hydroxylation sites is 1. The molecule has 168 valence electrons. The fraction of sp³-hybridized carbons (Fsp3) is 0.222. The molecule has 1 heterocycles. The predicted molar refractivity (Wildman–Crippen MR) is 132 cm³/mol. The van der Waals surface area contributed by atoms with Crippen LogP contribution in [0.4, 0.5) is 5.69 Å². The SMILES string of the molecule is Cc1cc(C)c(NC(=O)Cn2c(=O)n(CCc3ccccc3)c(=O)c3ccccc32)c(C)c1. The minimum atomic E-state index is -0.484. The van der Waals surface area contributed by atoms with Gasteiger partial charge in [-0.15, -0.1) is 0 Å². The summed E-state index contributed by atoms with van der Waals surface area (Å²) in [6.07, 6.45) is 0.544. The maximum absolute atomic E-state index is 13.3. The number of fused-ring (bicyclic) bond motifs is 1. The van der Waals surface area contributed by atoms with Crippen LogP contribution in [0.5, 0.6) is 0 Å². The zero-order valence-corrected chi connectivity index (χ0v) is 19.1. The first-order valence-electron chi connectivity index (χ1n) is 11.0. The predicted octanol–water partition coefficient (Wildman–Crippen LogP) is 3.97. The van der Waals surface area contributed by atoms with E-state index in [1.807, 2.05) is 63.2 Å². The van der Waals surface area contributed by atoms with Gasteiger partial charge >= 0.3 is 5.69 Å². The summed E-state index contributed by atoms with van der Waals surface area (Å²) in [5, 5.41) is 3.37. The molecule has 0 spiro atoms. The molecule has 1 amide bonds. The second-order valence-electron chi connectivity index (χ2n) is 8.40. The molecule has 4 rings (SSSR count). The van der Waals surface area contributed by atoms with Gasteiger partial charge < -0.3 is 5.32 Å². The highest BCUT2D eigenvalue weighted by Gasteiger charge is 2.16. The molecule has 33 heavy (non-hydrogen) atoms. The van der Waals surface area contributed by atoms with E-state index in [4.69, 9.17) is 0 Å². The van der Waals surface area contributed by atoms with Crippen LogP contribution < -0.4 is 16.6 Å². The van der Waals surface area contributed by atoms with Crippen LogP contribution in [-0.2, 0) is 24.3 Å². The molecule has 1 aromatic heterocycles. The second kappa shape index (κ2) is 9.28. The third kappa shape index (κ3) is 4.65. The highest BCUT2D eigenvalue weighted by atomic mass is 16.2. The highest BCUT2D eigenvalue weighted by Crippen LogP contribution is 2.22. The maximum Gasteiger partial charge on any atom is 0.331 e. The topological polar surface area (TPSA) is 73.1 Å². The molecular formula is C27H27N3O3. The molecule has 0 aliphatic carbocycles. The normalized spacial score (nSPS) is 11.0. The lowest BCUT2D eigenvalue weighted by atomic mass is 10.1. The van der Waals surface area contributed by atoms with Gasteiger partial charge in [-0.1, -0.05) is 60.2 Å². The van der Waals surface area contributed by atoms with Gasteiger partial charge in [0.15, 0.2) is 0 Å².